The molecule has 1 fully saturated rings. The summed E-state index contributed by atoms with van der Waals surface area (Å²) < 4.78 is 0. The normalized spacial score (nSPS) is 17.2. The third kappa shape index (κ3) is 3.05. The van der Waals surface area contributed by atoms with Crippen molar-refractivity contribution in [3.63, 3.8) is 0 Å². The Morgan fingerprint density at radius 3 is 2.53 bits per heavy atom. The van der Waals surface area contributed by atoms with E-state index in [-0.39, 0.29) is 0 Å². The van der Waals surface area contributed by atoms with Crippen LogP contribution in [0.3, 0.4) is 0 Å². The lowest BCUT2D eigenvalue weighted by atomic mass is 10.1. The summed E-state index contributed by atoms with van der Waals surface area (Å²) in [6.45, 7) is 8.93. The Bertz CT molecular complexity index is 307. The highest BCUT2D eigenvalue weighted by atomic mass is 15.3. The maximum atomic E-state index is 3.36. The third-order valence-corrected chi connectivity index (χ3v) is 2.94. The van der Waals surface area contributed by atoms with E-state index >= 15 is 0 Å². The van der Waals surface area contributed by atoms with Gasteiger partial charge < -0.3 is 5.32 Å². The topological polar surface area (TPSA) is 15.3 Å². The summed E-state index contributed by atoms with van der Waals surface area (Å²) in [5, 5.41) is 3.36. The summed E-state index contributed by atoms with van der Waals surface area (Å²) in [7, 11) is 0. The molecule has 1 aromatic carbocycles. The molecule has 1 aromatic rings. The molecule has 0 amide bonds. The third-order valence-electron chi connectivity index (χ3n) is 2.94. The van der Waals surface area contributed by atoms with Gasteiger partial charge in [-0.25, -0.2) is 0 Å². The molecular weight excluding hydrogens is 184 g/mol. The Morgan fingerprint density at radius 1 is 1.20 bits per heavy atom. The number of hydrogen-bond donors (Lipinski definition) is 1. The highest BCUT2D eigenvalue weighted by molar-refractivity contribution is 5.28. The quantitative estimate of drug-likeness (QED) is 0.806. The molecule has 0 unspecified atom stereocenters. The Hall–Kier alpha value is -0.860. The summed E-state index contributed by atoms with van der Waals surface area (Å²) >= 11 is 0. The van der Waals surface area contributed by atoms with Gasteiger partial charge in [0.2, 0.25) is 0 Å². The van der Waals surface area contributed by atoms with Gasteiger partial charge >= 0.3 is 0 Å². The minimum absolute atomic E-state index is 1.06. The van der Waals surface area contributed by atoms with Crippen LogP contribution in [0.1, 0.15) is 16.7 Å². The van der Waals surface area contributed by atoms with Crippen molar-refractivity contribution in [1.82, 2.24) is 10.2 Å². The standard InChI is InChI=1S/C13H20N2/c1-11-7-12(2)9-13(8-11)3-5-15-6-4-14-10-15/h7-9,14H,3-6,10H2,1-2H3. The van der Waals surface area contributed by atoms with E-state index in [4.69, 9.17) is 0 Å². The first-order valence-corrected chi connectivity index (χ1v) is 5.74. The van der Waals surface area contributed by atoms with Crippen LogP contribution >= 0.6 is 0 Å². The zero-order valence-electron chi connectivity index (χ0n) is 9.71. The molecule has 15 heavy (non-hydrogen) atoms. The van der Waals surface area contributed by atoms with E-state index in [9.17, 15) is 0 Å². The van der Waals surface area contributed by atoms with Crippen LogP contribution in [-0.4, -0.2) is 31.2 Å². The summed E-state index contributed by atoms with van der Waals surface area (Å²) in [6, 6.07) is 6.84. The van der Waals surface area contributed by atoms with E-state index in [1.54, 1.807) is 0 Å². The van der Waals surface area contributed by atoms with Crippen molar-refractivity contribution in [2.75, 3.05) is 26.3 Å². The van der Waals surface area contributed by atoms with Crippen LogP contribution in [0.25, 0.3) is 0 Å². The fourth-order valence-corrected chi connectivity index (χ4v) is 2.24. The molecule has 1 heterocycles. The minimum atomic E-state index is 1.06. The number of nitrogens with zero attached hydrogens (tertiary/aromatic N) is 1. The molecule has 2 nitrogen and oxygen atoms in total. The van der Waals surface area contributed by atoms with Gasteiger partial charge in [0.25, 0.3) is 0 Å². The Kier molecular flexibility index (Phi) is 3.39. The molecule has 0 saturated carbocycles. The molecule has 0 aliphatic carbocycles. The van der Waals surface area contributed by atoms with E-state index in [2.05, 4.69) is 42.3 Å². The predicted octanol–water partition coefficient (Wildman–Crippen LogP) is 1.71. The molecule has 1 saturated heterocycles. The van der Waals surface area contributed by atoms with Crippen LogP contribution in [-0.2, 0) is 6.42 Å². The molecule has 1 aliphatic rings. The van der Waals surface area contributed by atoms with E-state index in [0.717, 1.165) is 13.2 Å². The highest BCUT2D eigenvalue weighted by Crippen LogP contribution is 2.10. The van der Waals surface area contributed by atoms with Gasteiger partial charge in [-0.05, 0) is 25.8 Å². The van der Waals surface area contributed by atoms with E-state index in [1.165, 1.54) is 36.2 Å². The van der Waals surface area contributed by atoms with Gasteiger partial charge in [-0.15, -0.1) is 0 Å². The van der Waals surface area contributed by atoms with E-state index in [1.807, 2.05) is 0 Å². The van der Waals surface area contributed by atoms with Gasteiger partial charge in [-0.2, -0.15) is 0 Å². The fraction of sp³-hybridized carbons (Fsp3) is 0.538. The first kappa shape index (κ1) is 10.7. The molecule has 0 bridgehead atoms. The first-order chi connectivity index (χ1) is 7.24. The van der Waals surface area contributed by atoms with Gasteiger partial charge in [0.15, 0.2) is 0 Å². The van der Waals surface area contributed by atoms with Crippen molar-refractivity contribution in [2.24, 2.45) is 0 Å². The van der Waals surface area contributed by atoms with E-state index in [0.29, 0.717) is 0 Å². The van der Waals surface area contributed by atoms with Crippen LogP contribution in [0.5, 0.6) is 0 Å². The molecule has 0 spiro atoms. The fourth-order valence-electron chi connectivity index (χ4n) is 2.24. The zero-order chi connectivity index (χ0) is 10.7. The second-order valence-electron chi connectivity index (χ2n) is 4.52. The first-order valence-electron chi connectivity index (χ1n) is 5.74. The monoisotopic (exact) mass is 204 g/mol. The van der Waals surface area contributed by atoms with E-state index < -0.39 is 0 Å². The Balaban J connectivity index is 1.92. The zero-order valence-corrected chi connectivity index (χ0v) is 9.71. The van der Waals surface area contributed by atoms with Crippen LogP contribution < -0.4 is 5.32 Å². The maximum absolute atomic E-state index is 3.36. The number of rotatable bonds is 3. The van der Waals surface area contributed by atoms with Gasteiger partial charge in [0.1, 0.15) is 0 Å². The molecule has 2 heteroatoms. The van der Waals surface area contributed by atoms with Crippen molar-refractivity contribution < 1.29 is 0 Å². The van der Waals surface area contributed by atoms with Crippen LogP contribution in [0.2, 0.25) is 0 Å². The highest BCUT2D eigenvalue weighted by Gasteiger charge is 2.09. The SMILES string of the molecule is Cc1cc(C)cc(CCN2CCNC2)c1. The van der Waals surface area contributed by atoms with Crippen LogP contribution in [0.15, 0.2) is 18.2 Å². The minimum Gasteiger partial charge on any atom is -0.303 e. The van der Waals surface area contributed by atoms with Gasteiger partial charge in [-0.3, -0.25) is 4.90 Å². The molecule has 0 radical (unpaired) electrons. The van der Waals surface area contributed by atoms with Crippen LogP contribution in [0.4, 0.5) is 0 Å². The second-order valence-corrected chi connectivity index (χ2v) is 4.52. The molecular formula is C13H20N2. The summed E-state index contributed by atoms with van der Waals surface area (Å²) in [5.74, 6) is 0. The lowest BCUT2D eigenvalue weighted by molar-refractivity contribution is 0.339. The second kappa shape index (κ2) is 4.77. The number of benzene rings is 1. The summed E-state index contributed by atoms with van der Waals surface area (Å²) in [4.78, 5) is 2.47. The van der Waals surface area contributed by atoms with Crippen molar-refractivity contribution >= 4 is 0 Å². The van der Waals surface area contributed by atoms with Crippen molar-refractivity contribution in [3.8, 4) is 0 Å². The molecule has 0 atom stereocenters. The van der Waals surface area contributed by atoms with Gasteiger partial charge in [0, 0.05) is 26.3 Å². The van der Waals surface area contributed by atoms with Crippen LogP contribution in [0, 0.1) is 13.8 Å². The van der Waals surface area contributed by atoms with Crippen molar-refractivity contribution in [1.29, 1.82) is 0 Å². The molecule has 1 N–H and O–H groups in total. The lowest BCUT2D eigenvalue weighted by Gasteiger charge is -2.13. The number of aryl methyl sites for hydroxylation is 2. The number of hydrogen-bond acceptors (Lipinski definition) is 2. The molecule has 82 valence electrons. The molecule has 2 rings (SSSR count). The average Bonchev–Trinajstić information content (AvgIpc) is 2.65. The van der Waals surface area contributed by atoms with Gasteiger partial charge in [0.05, 0.1) is 0 Å². The maximum Gasteiger partial charge on any atom is 0.0481 e. The molecule has 1 aliphatic heterocycles. The lowest BCUT2D eigenvalue weighted by Crippen LogP contribution is -2.24. The largest absolute Gasteiger partial charge is 0.303 e. The summed E-state index contributed by atoms with van der Waals surface area (Å²) in [6.07, 6.45) is 1.17. The molecule has 0 aromatic heterocycles. The average molecular weight is 204 g/mol. The number of nitrogens with one attached hydrogen (secondary N) is 1. The predicted molar refractivity (Wildman–Crippen MR) is 64.1 cm³/mol. The van der Waals surface area contributed by atoms with Gasteiger partial charge in [-0.1, -0.05) is 29.3 Å². The summed E-state index contributed by atoms with van der Waals surface area (Å²) in [5.41, 5.74) is 4.23. The van der Waals surface area contributed by atoms with Crippen molar-refractivity contribution in [2.45, 2.75) is 20.3 Å². The Morgan fingerprint density at radius 2 is 1.93 bits per heavy atom. The smallest absolute Gasteiger partial charge is 0.0481 e. The Labute approximate surface area is 92.3 Å². The van der Waals surface area contributed by atoms with Crippen molar-refractivity contribution in [3.05, 3.63) is 34.9 Å².